The molecule has 0 spiro atoms. The van der Waals surface area contributed by atoms with Gasteiger partial charge in [0.05, 0.1) is 6.10 Å². The molecule has 0 fully saturated rings. The highest BCUT2D eigenvalue weighted by atomic mass is 16.5. The number of fused-ring (bicyclic) bond motifs is 2. The van der Waals surface area contributed by atoms with E-state index in [4.69, 9.17) is 4.74 Å². The van der Waals surface area contributed by atoms with Gasteiger partial charge in [0, 0.05) is 28.7 Å². The van der Waals surface area contributed by atoms with Crippen molar-refractivity contribution in [1.29, 1.82) is 0 Å². The number of esters is 1. The highest BCUT2D eigenvalue weighted by Gasteiger charge is 2.31. The second-order valence-corrected chi connectivity index (χ2v) is 9.59. The topological polar surface area (TPSA) is 60.4 Å². The van der Waals surface area contributed by atoms with Gasteiger partial charge in [0.1, 0.15) is 0 Å². The molecule has 0 saturated heterocycles. The number of ketones is 2. The molecule has 0 radical (unpaired) electrons. The van der Waals surface area contributed by atoms with Crippen LogP contribution in [0, 0.1) is 5.92 Å². The van der Waals surface area contributed by atoms with Gasteiger partial charge < -0.3 is 4.74 Å². The quantitative estimate of drug-likeness (QED) is 0.427. The van der Waals surface area contributed by atoms with Gasteiger partial charge in [-0.25, -0.2) is 0 Å². The molecule has 0 aliphatic heterocycles. The van der Waals surface area contributed by atoms with Crippen molar-refractivity contribution in [3.8, 4) is 0 Å². The van der Waals surface area contributed by atoms with Crippen LogP contribution in [0.15, 0.2) is 42.5 Å². The van der Waals surface area contributed by atoms with E-state index in [-0.39, 0.29) is 35.0 Å². The lowest BCUT2D eigenvalue weighted by atomic mass is 9.76. The number of ether oxygens (including phenoxy) is 1. The summed E-state index contributed by atoms with van der Waals surface area (Å²) in [6, 6.07) is 12.7. The van der Waals surface area contributed by atoms with E-state index in [1.54, 1.807) is 30.3 Å². The Labute approximate surface area is 185 Å². The Morgan fingerprint density at radius 1 is 0.903 bits per heavy atom. The lowest BCUT2D eigenvalue weighted by Gasteiger charge is -2.28. The standard InChI is InChI=1S/C27H32O4/c1-17(2)31-24(28)15-18(3)9-8-14-27(4,5)19-12-13-22-23(16-19)26(30)21-11-7-6-10-20(21)25(22)29/h6-7,10-13,16-18H,8-9,14-15H2,1-5H3. The first-order valence-electron chi connectivity index (χ1n) is 11.1. The van der Waals surface area contributed by atoms with Crippen LogP contribution >= 0.6 is 0 Å². The van der Waals surface area contributed by atoms with E-state index in [1.165, 1.54) is 0 Å². The highest BCUT2D eigenvalue weighted by Crippen LogP contribution is 2.34. The average Bonchev–Trinajstić information content (AvgIpc) is 2.70. The summed E-state index contributed by atoms with van der Waals surface area (Å²) in [5.74, 6) is -0.0435. The van der Waals surface area contributed by atoms with Gasteiger partial charge in [-0.05, 0) is 49.3 Å². The second kappa shape index (κ2) is 9.17. The molecule has 31 heavy (non-hydrogen) atoms. The number of carbonyl (C=O) groups is 3. The zero-order chi connectivity index (χ0) is 22.8. The van der Waals surface area contributed by atoms with Crippen molar-refractivity contribution in [3.05, 3.63) is 70.3 Å². The molecular formula is C27H32O4. The SMILES string of the molecule is CC(CCCC(C)(C)c1ccc2c(c1)C(=O)c1ccccc1C2=O)CC(=O)OC(C)C. The van der Waals surface area contributed by atoms with Crippen LogP contribution < -0.4 is 0 Å². The van der Waals surface area contributed by atoms with E-state index < -0.39 is 0 Å². The molecule has 1 atom stereocenters. The van der Waals surface area contributed by atoms with Crippen LogP contribution in [0.25, 0.3) is 0 Å². The minimum atomic E-state index is -0.145. The van der Waals surface area contributed by atoms with Gasteiger partial charge in [0.25, 0.3) is 0 Å². The molecule has 0 amide bonds. The average molecular weight is 421 g/mol. The molecule has 0 bridgehead atoms. The molecular weight excluding hydrogens is 388 g/mol. The van der Waals surface area contributed by atoms with Crippen LogP contribution in [-0.2, 0) is 14.9 Å². The molecule has 2 aromatic carbocycles. The second-order valence-electron chi connectivity index (χ2n) is 9.59. The summed E-state index contributed by atoms with van der Waals surface area (Å²) in [6.45, 7) is 10.1. The molecule has 4 heteroatoms. The third kappa shape index (κ3) is 5.12. The van der Waals surface area contributed by atoms with Gasteiger partial charge in [0.2, 0.25) is 0 Å². The third-order valence-corrected chi connectivity index (χ3v) is 6.09. The zero-order valence-electron chi connectivity index (χ0n) is 19.2. The van der Waals surface area contributed by atoms with Gasteiger partial charge >= 0.3 is 5.97 Å². The Morgan fingerprint density at radius 3 is 2.10 bits per heavy atom. The number of rotatable bonds is 8. The minimum Gasteiger partial charge on any atom is -0.463 e. The van der Waals surface area contributed by atoms with Gasteiger partial charge in [-0.15, -0.1) is 0 Å². The molecule has 0 heterocycles. The fourth-order valence-corrected chi connectivity index (χ4v) is 4.25. The number of carbonyl (C=O) groups excluding carboxylic acids is 3. The molecule has 164 valence electrons. The van der Waals surface area contributed by atoms with Crippen molar-refractivity contribution in [3.63, 3.8) is 0 Å². The van der Waals surface area contributed by atoms with Crippen molar-refractivity contribution in [2.45, 2.75) is 71.8 Å². The minimum absolute atomic E-state index is 0.0794. The first-order chi connectivity index (χ1) is 14.6. The van der Waals surface area contributed by atoms with E-state index in [0.717, 1.165) is 24.8 Å². The number of benzene rings is 2. The largest absolute Gasteiger partial charge is 0.463 e. The molecule has 1 unspecified atom stereocenters. The summed E-state index contributed by atoms with van der Waals surface area (Å²) in [6.07, 6.45) is 3.19. The highest BCUT2D eigenvalue weighted by molar-refractivity contribution is 6.28. The number of hydrogen-bond acceptors (Lipinski definition) is 4. The first kappa shape index (κ1) is 22.9. The predicted molar refractivity (Wildman–Crippen MR) is 122 cm³/mol. The van der Waals surface area contributed by atoms with Gasteiger partial charge in [0.15, 0.2) is 11.6 Å². The normalized spacial score (nSPS) is 14.3. The molecule has 0 N–H and O–H groups in total. The molecule has 1 aliphatic carbocycles. The van der Waals surface area contributed by atoms with Crippen molar-refractivity contribution < 1.29 is 19.1 Å². The lowest BCUT2D eigenvalue weighted by Crippen LogP contribution is -2.23. The Bertz CT molecular complexity index is 1000. The summed E-state index contributed by atoms with van der Waals surface area (Å²) < 4.78 is 5.24. The maximum Gasteiger partial charge on any atom is 0.306 e. The van der Waals surface area contributed by atoms with E-state index in [1.807, 2.05) is 26.0 Å². The van der Waals surface area contributed by atoms with Crippen LogP contribution in [-0.4, -0.2) is 23.6 Å². The Kier molecular flexibility index (Phi) is 6.78. The van der Waals surface area contributed by atoms with Crippen LogP contribution in [0.2, 0.25) is 0 Å². The Morgan fingerprint density at radius 2 is 1.48 bits per heavy atom. The molecule has 0 aromatic heterocycles. The smallest absolute Gasteiger partial charge is 0.306 e. The maximum absolute atomic E-state index is 13.0. The monoisotopic (exact) mass is 420 g/mol. The summed E-state index contributed by atoms with van der Waals surface area (Å²) in [5, 5.41) is 0. The van der Waals surface area contributed by atoms with Crippen molar-refractivity contribution in [2.75, 3.05) is 0 Å². The summed E-state index contributed by atoms with van der Waals surface area (Å²) >= 11 is 0. The van der Waals surface area contributed by atoms with Gasteiger partial charge in [-0.2, -0.15) is 0 Å². The maximum atomic E-state index is 13.0. The van der Waals surface area contributed by atoms with Gasteiger partial charge in [-0.3, -0.25) is 14.4 Å². The Balaban J connectivity index is 1.68. The molecule has 1 aliphatic rings. The third-order valence-electron chi connectivity index (χ3n) is 6.09. The fourth-order valence-electron chi connectivity index (χ4n) is 4.25. The van der Waals surface area contributed by atoms with Crippen LogP contribution in [0.5, 0.6) is 0 Å². The molecule has 2 aromatic rings. The van der Waals surface area contributed by atoms with Gasteiger partial charge in [-0.1, -0.05) is 63.9 Å². The summed E-state index contributed by atoms with van der Waals surface area (Å²) in [5.41, 5.74) is 2.86. The van der Waals surface area contributed by atoms with Crippen LogP contribution in [0.1, 0.15) is 97.7 Å². The summed E-state index contributed by atoms with van der Waals surface area (Å²) in [7, 11) is 0. The molecule has 0 saturated carbocycles. The Hall–Kier alpha value is -2.75. The fraction of sp³-hybridized carbons (Fsp3) is 0.444. The van der Waals surface area contributed by atoms with E-state index >= 15 is 0 Å². The van der Waals surface area contributed by atoms with Crippen molar-refractivity contribution in [2.24, 2.45) is 5.92 Å². The van der Waals surface area contributed by atoms with E-state index in [0.29, 0.717) is 28.7 Å². The number of hydrogen-bond donors (Lipinski definition) is 0. The van der Waals surface area contributed by atoms with Crippen LogP contribution in [0.4, 0.5) is 0 Å². The van der Waals surface area contributed by atoms with Crippen molar-refractivity contribution in [1.82, 2.24) is 0 Å². The molecule has 3 rings (SSSR count). The predicted octanol–water partition coefficient (Wildman–Crippen LogP) is 5.89. The van der Waals surface area contributed by atoms with Crippen molar-refractivity contribution >= 4 is 17.5 Å². The van der Waals surface area contributed by atoms with Crippen LogP contribution in [0.3, 0.4) is 0 Å². The first-order valence-corrected chi connectivity index (χ1v) is 11.1. The van der Waals surface area contributed by atoms with E-state index in [2.05, 4.69) is 20.8 Å². The molecule has 4 nitrogen and oxygen atoms in total. The zero-order valence-corrected chi connectivity index (χ0v) is 19.2. The van der Waals surface area contributed by atoms with E-state index in [9.17, 15) is 14.4 Å². The lowest BCUT2D eigenvalue weighted by molar-refractivity contribution is -0.148. The summed E-state index contributed by atoms with van der Waals surface area (Å²) in [4.78, 5) is 37.7.